The van der Waals surface area contributed by atoms with Crippen LogP contribution in [0.15, 0.2) is 28.3 Å². The molecule has 0 saturated carbocycles. The van der Waals surface area contributed by atoms with Gasteiger partial charge in [0.1, 0.15) is 12.4 Å². The number of likely N-dealkylation sites (tertiary alicyclic amines) is 1. The highest BCUT2D eigenvalue weighted by Crippen LogP contribution is 2.20. The van der Waals surface area contributed by atoms with E-state index in [4.69, 9.17) is 0 Å². The topological polar surface area (TPSA) is 100.0 Å². The maximum absolute atomic E-state index is 12.8. The second kappa shape index (κ2) is 7.34. The lowest BCUT2D eigenvalue weighted by Crippen LogP contribution is -2.41. The fourth-order valence-electron chi connectivity index (χ4n) is 4.00. The molecule has 0 aliphatic carbocycles. The summed E-state index contributed by atoms with van der Waals surface area (Å²) in [5.74, 6) is 1.48. The van der Waals surface area contributed by atoms with E-state index in [0.29, 0.717) is 24.7 Å². The van der Waals surface area contributed by atoms with Crippen LogP contribution in [-0.4, -0.2) is 52.1 Å². The van der Waals surface area contributed by atoms with Gasteiger partial charge in [-0.2, -0.15) is 0 Å². The first-order valence-electron chi connectivity index (χ1n) is 9.73. The Kier molecular flexibility index (Phi) is 4.85. The van der Waals surface area contributed by atoms with Gasteiger partial charge in [-0.3, -0.25) is 18.7 Å². The zero-order valence-corrected chi connectivity index (χ0v) is 16.9. The number of amides is 1. The fourth-order valence-corrected chi connectivity index (χ4v) is 4.00. The van der Waals surface area contributed by atoms with Gasteiger partial charge in [0.05, 0.1) is 6.33 Å². The summed E-state index contributed by atoms with van der Waals surface area (Å²) < 4.78 is 6.05. The summed E-state index contributed by atoms with van der Waals surface area (Å²) in [6, 6.07) is 0. The first-order valence-corrected chi connectivity index (χ1v) is 9.73. The minimum atomic E-state index is -0.442. The maximum atomic E-state index is 12.8. The number of imidazole rings is 2. The summed E-state index contributed by atoms with van der Waals surface area (Å²) in [6.45, 7) is 4.34. The smallest absolute Gasteiger partial charge is 0.332 e. The van der Waals surface area contributed by atoms with E-state index in [-0.39, 0.29) is 18.0 Å². The van der Waals surface area contributed by atoms with Gasteiger partial charge in [0.25, 0.3) is 5.56 Å². The SMILES string of the molecule is Cc1nccn1CC1CCN(C(=O)Cn2cnc3c2c(=O)n(C)c(=O)n3C)CC1. The molecule has 10 heteroatoms. The Morgan fingerprint density at radius 2 is 1.83 bits per heavy atom. The van der Waals surface area contributed by atoms with Crippen LogP contribution in [0.5, 0.6) is 0 Å². The summed E-state index contributed by atoms with van der Waals surface area (Å²) in [5.41, 5.74) is -0.314. The highest BCUT2D eigenvalue weighted by molar-refractivity contribution is 5.79. The van der Waals surface area contributed by atoms with E-state index in [0.717, 1.165) is 29.8 Å². The van der Waals surface area contributed by atoms with Crippen molar-refractivity contribution in [3.8, 4) is 0 Å². The molecular formula is C19H25N7O3. The van der Waals surface area contributed by atoms with Gasteiger partial charge in [-0.1, -0.05) is 0 Å². The Labute approximate surface area is 167 Å². The monoisotopic (exact) mass is 399 g/mol. The summed E-state index contributed by atoms with van der Waals surface area (Å²) in [6.07, 6.45) is 7.13. The Morgan fingerprint density at radius 1 is 1.10 bits per heavy atom. The number of carbonyl (C=O) groups is 1. The number of fused-ring (bicyclic) bond motifs is 1. The third-order valence-electron chi connectivity index (χ3n) is 5.87. The quantitative estimate of drug-likeness (QED) is 0.609. The molecule has 1 aliphatic rings. The highest BCUT2D eigenvalue weighted by atomic mass is 16.2. The minimum Gasteiger partial charge on any atom is -0.341 e. The molecule has 0 spiro atoms. The van der Waals surface area contributed by atoms with Gasteiger partial charge >= 0.3 is 5.69 Å². The Bertz CT molecular complexity index is 1170. The van der Waals surface area contributed by atoms with Gasteiger partial charge in [0.2, 0.25) is 5.91 Å². The van der Waals surface area contributed by atoms with Crippen LogP contribution in [0.3, 0.4) is 0 Å². The summed E-state index contributed by atoms with van der Waals surface area (Å²) in [5, 5.41) is 0. The molecule has 29 heavy (non-hydrogen) atoms. The normalized spacial score (nSPS) is 15.3. The van der Waals surface area contributed by atoms with E-state index in [9.17, 15) is 14.4 Å². The van der Waals surface area contributed by atoms with Crippen molar-refractivity contribution in [3.05, 3.63) is 45.4 Å². The third kappa shape index (κ3) is 3.39. The molecule has 3 aromatic rings. The van der Waals surface area contributed by atoms with Crippen LogP contribution in [0.4, 0.5) is 0 Å². The molecule has 1 fully saturated rings. The molecule has 0 atom stereocenters. The number of aryl methyl sites for hydroxylation is 2. The summed E-state index contributed by atoms with van der Waals surface area (Å²) >= 11 is 0. The van der Waals surface area contributed by atoms with E-state index in [1.807, 2.05) is 24.2 Å². The fraction of sp³-hybridized carbons (Fsp3) is 0.526. The van der Waals surface area contributed by atoms with E-state index in [1.54, 1.807) is 11.6 Å². The second-order valence-corrected chi connectivity index (χ2v) is 7.70. The minimum absolute atomic E-state index is 0.0369. The van der Waals surface area contributed by atoms with E-state index < -0.39 is 11.2 Å². The van der Waals surface area contributed by atoms with E-state index >= 15 is 0 Å². The van der Waals surface area contributed by atoms with Gasteiger partial charge < -0.3 is 14.0 Å². The van der Waals surface area contributed by atoms with Crippen LogP contribution in [-0.2, 0) is 32.0 Å². The average molecular weight is 399 g/mol. The molecule has 3 aromatic heterocycles. The van der Waals surface area contributed by atoms with Crippen molar-refractivity contribution in [1.29, 1.82) is 0 Å². The molecule has 1 aliphatic heterocycles. The van der Waals surface area contributed by atoms with Crippen LogP contribution in [0.25, 0.3) is 11.2 Å². The first-order chi connectivity index (χ1) is 13.9. The van der Waals surface area contributed by atoms with Crippen LogP contribution >= 0.6 is 0 Å². The van der Waals surface area contributed by atoms with Gasteiger partial charge in [-0.25, -0.2) is 14.8 Å². The Balaban J connectivity index is 1.45. The van der Waals surface area contributed by atoms with Gasteiger partial charge in [-0.15, -0.1) is 0 Å². The van der Waals surface area contributed by atoms with Crippen molar-refractivity contribution < 1.29 is 4.79 Å². The lowest BCUT2D eigenvalue weighted by molar-refractivity contribution is -0.133. The lowest BCUT2D eigenvalue weighted by Gasteiger charge is -2.32. The van der Waals surface area contributed by atoms with Crippen molar-refractivity contribution >= 4 is 17.1 Å². The van der Waals surface area contributed by atoms with Crippen LogP contribution in [0.2, 0.25) is 0 Å². The molecule has 1 saturated heterocycles. The number of carbonyl (C=O) groups excluding carboxylic acids is 1. The second-order valence-electron chi connectivity index (χ2n) is 7.70. The van der Waals surface area contributed by atoms with Crippen molar-refractivity contribution in [3.63, 3.8) is 0 Å². The molecule has 154 valence electrons. The molecule has 1 amide bonds. The average Bonchev–Trinajstić information content (AvgIpc) is 3.31. The number of hydrogen-bond donors (Lipinski definition) is 0. The Hall–Kier alpha value is -3.17. The molecule has 0 N–H and O–H groups in total. The predicted octanol–water partition coefficient (Wildman–Crippen LogP) is -0.123. The zero-order chi connectivity index (χ0) is 20.7. The highest BCUT2D eigenvalue weighted by Gasteiger charge is 2.24. The molecule has 0 bridgehead atoms. The van der Waals surface area contributed by atoms with Crippen molar-refractivity contribution in [2.75, 3.05) is 13.1 Å². The van der Waals surface area contributed by atoms with Gasteiger partial charge in [-0.05, 0) is 25.7 Å². The molecule has 0 radical (unpaired) electrons. The summed E-state index contributed by atoms with van der Waals surface area (Å²) in [7, 11) is 2.99. The van der Waals surface area contributed by atoms with Crippen LogP contribution in [0.1, 0.15) is 18.7 Å². The van der Waals surface area contributed by atoms with Crippen molar-refractivity contribution in [1.82, 2.24) is 33.1 Å². The van der Waals surface area contributed by atoms with Crippen LogP contribution in [0, 0.1) is 12.8 Å². The number of hydrogen-bond acceptors (Lipinski definition) is 5. The van der Waals surface area contributed by atoms with Crippen LogP contribution < -0.4 is 11.2 Å². The molecule has 10 nitrogen and oxygen atoms in total. The van der Waals surface area contributed by atoms with Gasteiger partial charge in [0.15, 0.2) is 11.2 Å². The number of nitrogens with zero attached hydrogens (tertiary/aromatic N) is 7. The first kappa shape index (κ1) is 19.2. The number of rotatable bonds is 4. The number of piperidine rings is 1. The van der Waals surface area contributed by atoms with Gasteiger partial charge in [0, 0.05) is 46.1 Å². The summed E-state index contributed by atoms with van der Waals surface area (Å²) in [4.78, 5) is 47.7. The molecule has 0 aromatic carbocycles. The molecular weight excluding hydrogens is 374 g/mol. The standard InChI is InChI=1S/C19H25N7O3/c1-13-20-6-9-25(13)10-14-4-7-24(8-5-14)15(27)11-26-12-21-17-16(26)18(28)23(3)19(29)22(17)2/h6,9,12,14H,4-5,7-8,10-11H2,1-3H3. The van der Waals surface area contributed by atoms with Crippen molar-refractivity contribution in [2.45, 2.75) is 32.9 Å². The molecule has 4 heterocycles. The number of aromatic nitrogens is 6. The third-order valence-corrected chi connectivity index (χ3v) is 5.87. The van der Waals surface area contributed by atoms with E-state index in [1.165, 1.54) is 17.9 Å². The Morgan fingerprint density at radius 3 is 2.48 bits per heavy atom. The van der Waals surface area contributed by atoms with Crippen molar-refractivity contribution in [2.24, 2.45) is 20.0 Å². The largest absolute Gasteiger partial charge is 0.341 e. The molecule has 0 unspecified atom stereocenters. The lowest BCUT2D eigenvalue weighted by atomic mass is 9.96. The maximum Gasteiger partial charge on any atom is 0.332 e. The van der Waals surface area contributed by atoms with E-state index in [2.05, 4.69) is 14.5 Å². The predicted molar refractivity (Wildman–Crippen MR) is 106 cm³/mol. The molecule has 4 rings (SSSR count). The zero-order valence-electron chi connectivity index (χ0n) is 16.9.